The summed E-state index contributed by atoms with van der Waals surface area (Å²) in [5.41, 5.74) is 2.19. The predicted molar refractivity (Wildman–Crippen MR) is 113 cm³/mol. The van der Waals surface area contributed by atoms with E-state index in [4.69, 9.17) is 14.5 Å². The Balaban J connectivity index is 1.33. The summed E-state index contributed by atoms with van der Waals surface area (Å²) in [6.45, 7) is 1.20. The van der Waals surface area contributed by atoms with Gasteiger partial charge in [-0.2, -0.15) is 4.98 Å². The van der Waals surface area contributed by atoms with E-state index in [1.807, 2.05) is 36.2 Å². The Kier molecular flexibility index (Phi) is 4.78. The smallest absolute Gasteiger partial charge is 0.228 e. The third kappa shape index (κ3) is 3.70. The highest BCUT2D eigenvalue weighted by atomic mass is 19.1. The Morgan fingerprint density at radius 2 is 1.71 bits per heavy atom. The van der Waals surface area contributed by atoms with Crippen molar-refractivity contribution >= 4 is 28.6 Å². The maximum absolute atomic E-state index is 13.1. The number of aromatic nitrogens is 4. The van der Waals surface area contributed by atoms with Crippen LogP contribution >= 0.6 is 0 Å². The number of hydrogen-bond acceptors (Lipinski definition) is 7. The van der Waals surface area contributed by atoms with Crippen LogP contribution in [0.1, 0.15) is 12.3 Å². The summed E-state index contributed by atoms with van der Waals surface area (Å²) in [5.74, 6) is 1.56. The summed E-state index contributed by atoms with van der Waals surface area (Å²) < 4.78 is 18.4. The average molecular weight is 418 g/mol. The highest BCUT2D eigenvalue weighted by molar-refractivity contribution is 5.97. The third-order valence-electron chi connectivity index (χ3n) is 5.23. The van der Waals surface area contributed by atoms with Crippen molar-refractivity contribution in [1.29, 1.82) is 0 Å². The molecule has 0 saturated carbocycles. The maximum Gasteiger partial charge on any atom is 0.228 e. The van der Waals surface area contributed by atoms with Gasteiger partial charge in [0.15, 0.2) is 11.6 Å². The van der Waals surface area contributed by atoms with E-state index in [0.29, 0.717) is 48.4 Å². The molecule has 8 nitrogen and oxygen atoms in total. The molecule has 9 heteroatoms. The molecular formula is C22H19FN6O2. The van der Waals surface area contributed by atoms with Crippen molar-refractivity contribution in [3.05, 3.63) is 60.2 Å². The second-order valence-corrected chi connectivity index (χ2v) is 7.35. The molecule has 0 radical (unpaired) electrons. The number of aryl methyl sites for hydroxylation is 1. The van der Waals surface area contributed by atoms with Gasteiger partial charge in [-0.15, -0.1) is 0 Å². The van der Waals surface area contributed by atoms with E-state index in [0.717, 1.165) is 11.0 Å². The molecule has 3 heterocycles. The minimum absolute atomic E-state index is 0.0829. The maximum atomic E-state index is 13.1. The molecule has 31 heavy (non-hydrogen) atoms. The number of hydrogen-bond donors (Lipinski definition) is 0. The summed E-state index contributed by atoms with van der Waals surface area (Å²) in [7, 11) is 1.94. The number of carbonyl (C=O) groups excluding carboxylic acids is 1. The first-order chi connectivity index (χ1) is 15.1. The van der Waals surface area contributed by atoms with Crippen LogP contribution in [-0.2, 0) is 11.2 Å². The van der Waals surface area contributed by atoms with Crippen LogP contribution in [0, 0.1) is 5.82 Å². The summed E-state index contributed by atoms with van der Waals surface area (Å²) in [6, 6.07) is 13.4. The quantitative estimate of drug-likeness (QED) is 0.503. The normalized spacial score (nSPS) is 13.5. The van der Waals surface area contributed by atoms with Gasteiger partial charge in [0.2, 0.25) is 17.6 Å². The molecule has 4 aromatic rings. The monoisotopic (exact) mass is 418 g/mol. The summed E-state index contributed by atoms with van der Waals surface area (Å²) in [5, 5.41) is 3.92. The molecule has 0 unspecified atom stereocenters. The van der Waals surface area contributed by atoms with Crippen molar-refractivity contribution in [2.75, 3.05) is 29.9 Å². The Bertz CT molecular complexity index is 1260. The first-order valence-corrected chi connectivity index (χ1v) is 9.95. The fourth-order valence-electron chi connectivity index (χ4n) is 3.54. The lowest BCUT2D eigenvalue weighted by Gasteiger charge is -2.33. The number of rotatable bonds is 4. The number of nitrogens with zero attached hydrogens (tertiary/aromatic N) is 6. The van der Waals surface area contributed by atoms with Gasteiger partial charge in [-0.1, -0.05) is 17.3 Å². The number of fused-ring (bicyclic) bond motifs is 2. The Hall–Kier alpha value is -3.88. The molecule has 2 aromatic carbocycles. The minimum atomic E-state index is -0.332. The summed E-state index contributed by atoms with van der Waals surface area (Å²) in [6.07, 6.45) is 0.498. The van der Waals surface area contributed by atoms with Gasteiger partial charge in [0.25, 0.3) is 0 Å². The minimum Gasteiger partial charge on any atom is -0.355 e. The highest BCUT2D eigenvalue weighted by Gasteiger charge is 2.28. The first kappa shape index (κ1) is 19.1. The summed E-state index contributed by atoms with van der Waals surface area (Å²) in [4.78, 5) is 30.4. The SMILES string of the molecule is CN1CCN(C(=O)CCc2nc(-c3ccc(F)cc3)no2)c2nc3ccccc3nc21. The van der Waals surface area contributed by atoms with Crippen LogP contribution < -0.4 is 9.80 Å². The zero-order valence-electron chi connectivity index (χ0n) is 16.8. The zero-order chi connectivity index (χ0) is 21.4. The Labute approximate surface area is 177 Å². The van der Waals surface area contributed by atoms with Gasteiger partial charge in [0, 0.05) is 38.5 Å². The Morgan fingerprint density at radius 1 is 1.00 bits per heavy atom. The van der Waals surface area contributed by atoms with Gasteiger partial charge in [-0.3, -0.25) is 9.69 Å². The van der Waals surface area contributed by atoms with Crippen molar-refractivity contribution in [2.24, 2.45) is 0 Å². The van der Waals surface area contributed by atoms with Crippen molar-refractivity contribution in [3.8, 4) is 11.4 Å². The van der Waals surface area contributed by atoms with Gasteiger partial charge < -0.3 is 9.42 Å². The van der Waals surface area contributed by atoms with Gasteiger partial charge >= 0.3 is 0 Å². The third-order valence-corrected chi connectivity index (χ3v) is 5.23. The van der Waals surface area contributed by atoms with Crippen LogP contribution in [0.2, 0.25) is 0 Å². The van der Waals surface area contributed by atoms with Gasteiger partial charge in [-0.05, 0) is 36.4 Å². The topological polar surface area (TPSA) is 88.2 Å². The second-order valence-electron chi connectivity index (χ2n) is 7.35. The molecular weight excluding hydrogens is 399 g/mol. The van der Waals surface area contributed by atoms with Crippen molar-refractivity contribution in [1.82, 2.24) is 20.1 Å². The number of anilines is 2. The van der Waals surface area contributed by atoms with Crippen molar-refractivity contribution in [2.45, 2.75) is 12.8 Å². The van der Waals surface area contributed by atoms with Crippen LogP contribution in [0.4, 0.5) is 16.0 Å². The molecule has 0 atom stereocenters. The molecule has 0 spiro atoms. The molecule has 2 aromatic heterocycles. The molecule has 1 aliphatic heterocycles. The molecule has 0 aliphatic carbocycles. The number of likely N-dealkylation sites (N-methyl/N-ethyl adjacent to an activating group) is 1. The highest BCUT2D eigenvalue weighted by Crippen LogP contribution is 2.31. The van der Waals surface area contributed by atoms with E-state index >= 15 is 0 Å². The number of amides is 1. The van der Waals surface area contributed by atoms with Gasteiger partial charge in [0.1, 0.15) is 5.82 Å². The lowest BCUT2D eigenvalue weighted by molar-refractivity contribution is -0.118. The van der Waals surface area contributed by atoms with Crippen molar-refractivity contribution < 1.29 is 13.7 Å². The van der Waals surface area contributed by atoms with E-state index in [2.05, 4.69) is 10.1 Å². The molecule has 0 bridgehead atoms. The number of benzene rings is 2. The van der Waals surface area contributed by atoms with Gasteiger partial charge in [0.05, 0.1) is 11.0 Å². The fraction of sp³-hybridized carbons (Fsp3) is 0.227. The van der Waals surface area contributed by atoms with E-state index in [1.165, 1.54) is 12.1 Å². The average Bonchev–Trinajstić information content (AvgIpc) is 3.26. The second kappa shape index (κ2) is 7.75. The van der Waals surface area contributed by atoms with Crippen LogP contribution in [0.5, 0.6) is 0 Å². The van der Waals surface area contributed by atoms with E-state index < -0.39 is 0 Å². The molecule has 1 aliphatic rings. The lowest BCUT2D eigenvalue weighted by atomic mass is 10.2. The van der Waals surface area contributed by atoms with E-state index in [-0.39, 0.29) is 18.1 Å². The van der Waals surface area contributed by atoms with Crippen LogP contribution in [0.25, 0.3) is 22.4 Å². The molecule has 5 rings (SSSR count). The Morgan fingerprint density at radius 3 is 2.45 bits per heavy atom. The number of halogens is 1. The molecule has 156 valence electrons. The number of carbonyl (C=O) groups is 1. The van der Waals surface area contributed by atoms with Crippen LogP contribution in [0.3, 0.4) is 0 Å². The van der Waals surface area contributed by atoms with Gasteiger partial charge in [-0.25, -0.2) is 14.4 Å². The van der Waals surface area contributed by atoms with Crippen LogP contribution in [0.15, 0.2) is 53.1 Å². The molecule has 0 fully saturated rings. The van der Waals surface area contributed by atoms with Crippen molar-refractivity contribution in [3.63, 3.8) is 0 Å². The molecule has 1 amide bonds. The molecule has 0 N–H and O–H groups in total. The number of para-hydroxylation sites is 2. The largest absolute Gasteiger partial charge is 0.355 e. The standard InChI is InChI=1S/C22H19FN6O2/c1-28-12-13-29(22-21(28)24-16-4-2-3-5-17(16)25-22)19(30)11-10-18-26-20(27-31-18)14-6-8-15(23)9-7-14/h2-9H,10-13H2,1H3. The first-order valence-electron chi connectivity index (χ1n) is 9.95. The summed E-state index contributed by atoms with van der Waals surface area (Å²) >= 11 is 0. The predicted octanol–water partition coefficient (Wildman–Crippen LogP) is 3.23. The lowest BCUT2D eigenvalue weighted by Crippen LogP contribution is -2.43. The van der Waals surface area contributed by atoms with E-state index in [9.17, 15) is 9.18 Å². The fourth-order valence-corrected chi connectivity index (χ4v) is 3.54. The zero-order valence-corrected chi connectivity index (χ0v) is 16.8. The van der Waals surface area contributed by atoms with E-state index in [1.54, 1.807) is 17.0 Å². The van der Waals surface area contributed by atoms with Crippen LogP contribution in [-0.4, -0.2) is 46.2 Å². The molecule has 0 saturated heterocycles.